The van der Waals surface area contributed by atoms with Gasteiger partial charge in [-0.2, -0.15) is 12.6 Å². The fraction of sp³-hybridized carbons (Fsp3) is 0.538. The molecule has 1 heterocycles. The number of thiol groups is 1. The van der Waals surface area contributed by atoms with Crippen molar-refractivity contribution in [3.63, 3.8) is 0 Å². The summed E-state index contributed by atoms with van der Waals surface area (Å²) in [5.41, 5.74) is 1.49. The number of benzene rings is 1. The maximum absolute atomic E-state index is 5.85. The van der Waals surface area contributed by atoms with E-state index in [1.807, 2.05) is 0 Å². The highest BCUT2D eigenvalue weighted by atomic mass is 32.1. The molecule has 1 aliphatic rings. The molecular weight excluding hydrogens is 204 g/mol. The minimum atomic E-state index is 0.115. The first-order chi connectivity index (χ1) is 7.30. The third-order valence-corrected chi connectivity index (χ3v) is 3.50. The molecule has 15 heavy (non-hydrogen) atoms. The Labute approximate surface area is 97.2 Å². The Balaban J connectivity index is 1.99. The Morgan fingerprint density at radius 1 is 1.33 bits per heavy atom. The van der Waals surface area contributed by atoms with Crippen molar-refractivity contribution in [2.24, 2.45) is 0 Å². The van der Waals surface area contributed by atoms with E-state index in [1.54, 1.807) is 0 Å². The van der Waals surface area contributed by atoms with E-state index in [2.05, 4.69) is 49.9 Å². The largest absolute Gasteiger partial charge is 0.366 e. The van der Waals surface area contributed by atoms with Gasteiger partial charge in [0.05, 0.1) is 11.7 Å². The van der Waals surface area contributed by atoms with Crippen LogP contribution in [-0.4, -0.2) is 17.5 Å². The minimum absolute atomic E-state index is 0.115. The van der Waals surface area contributed by atoms with E-state index in [0.29, 0.717) is 6.10 Å². The van der Waals surface area contributed by atoms with Gasteiger partial charge in [-0.25, -0.2) is 0 Å². The molecule has 2 atom stereocenters. The molecule has 1 fully saturated rings. The molecule has 0 radical (unpaired) electrons. The van der Waals surface area contributed by atoms with Gasteiger partial charge < -0.3 is 4.74 Å². The summed E-state index contributed by atoms with van der Waals surface area (Å²) in [5.74, 6) is 0.918. The van der Waals surface area contributed by atoms with Crippen LogP contribution in [0.4, 0.5) is 0 Å². The summed E-state index contributed by atoms with van der Waals surface area (Å²) >= 11 is 4.26. The summed E-state index contributed by atoms with van der Waals surface area (Å²) < 4.78 is 5.85. The number of ether oxygens (including phenoxy) is 1. The number of rotatable bonds is 5. The van der Waals surface area contributed by atoms with Crippen LogP contribution in [0.1, 0.15) is 25.3 Å². The zero-order chi connectivity index (χ0) is 10.7. The fourth-order valence-electron chi connectivity index (χ4n) is 2.22. The second-order valence-corrected chi connectivity index (χ2v) is 4.65. The Hall–Kier alpha value is -0.470. The molecule has 0 N–H and O–H groups in total. The van der Waals surface area contributed by atoms with Crippen molar-refractivity contribution in [3.8, 4) is 0 Å². The zero-order valence-electron chi connectivity index (χ0n) is 9.15. The Bertz CT molecular complexity index is 312. The van der Waals surface area contributed by atoms with Gasteiger partial charge in [0.25, 0.3) is 0 Å². The van der Waals surface area contributed by atoms with Crippen molar-refractivity contribution in [1.82, 2.24) is 0 Å². The monoisotopic (exact) mass is 222 g/mol. The first-order valence-corrected chi connectivity index (χ1v) is 6.26. The predicted octanol–water partition coefficient (Wildman–Crippen LogP) is 3.10. The van der Waals surface area contributed by atoms with Crippen LogP contribution in [0.3, 0.4) is 0 Å². The highest BCUT2D eigenvalue weighted by Crippen LogP contribution is 2.44. The minimum Gasteiger partial charge on any atom is -0.366 e. The Morgan fingerprint density at radius 3 is 2.67 bits per heavy atom. The van der Waals surface area contributed by atoms with Crippen molar-refractivity contribution in [3.05, 3.63) is 35.9 Å². The van der Waals surface area contributed by atoms with Crippen molar-refractivity contribution < 1.29 is 4.74 Å². The van der Waals surface area contributed by atoms with Gasteiger partial charge in [-0.3, -0.25) is 0 Å². The molecule has 2 rings (SSSR count). The standard InChI is InChI=1S/C13H18OS/c1-2-13(12(14-13)8-9-15)10-11-6-4-3-5-7-11/h3-7,12,15H,2,8-10H2,1H3. The van der Waals surface area contributed by atoms with E-state index < -0.39 is 0 Å². The van der Waals surface area contributed by atoms with Crippen LogP contribution in [0.25, 0.3) is 0 Å². The number of hydrogen-bond donors (Lipinski definition) is 1. The van der Waals surface area contributed by atoms with Gasteiger partial charge in [0, 0.05) is 6.42 Å². The average Bonchev–Trinajstić information content (AvgIpc) is 2.94. The smallest absolute Gasteiger partial charge is 0.0986 e. The third kappa shape index (κ3) is 2.37. The molecular formula is C13H18OS. The molecule has 1 aliphatic heterocycles. The van der Waals surface area contributed by atoms with Gasteiger partial charge in [-0.15, -0.1) is 0 Å². The maximum Gasteiger partial charge on any atom is 0.0986 e. The summed E-state index contributed by atoms with van der Waals surface area (Å²) in [6, 6.07) is 10.6. The zero-order valence-corrected chi connectivity index (χ0v) is 10.0. The lowest BCUT2D eigenvalue weighted by atomic mass is 9.92. The summed E-state index contributed by atoms with van der Waals surface area (Å²) in [7, 11) is 0. The van der Waals surface area contributed by atoms with E-state index in [1.165, 1.54) is 5.56 Å². The molecule has 1 aromatic carbocycles. The van der Waals surface area contributed by atoms with Gasteiger partial charge in [0.15, 0.2) is 0 Å². The number of hydrogen-bond acceptors (Lipinski definition) is 2. The maximum atomic E-state index is 5.85. The van der Waals surface area contributed by atoms with Gasteiger partial charge in [0.1, 0.15) is 0 Å². The SMILES string of the molecule is CCC1(Cc2ccccc2)OC1CCS. The highest BCUT2D eigenvalue weighted by Gasteiger charge is 2.53. The molecule has 0 bridgehead atoms. The molecule has 0 spiro atoms. The normalized spacial score (nSPS) is 29.1. The molecule has 1 saturated heterocycles. The lowest BCUT2D eigenvalue weighted by Gasteiger charge is -2.10. The third-order valence-electron chi connectivity index (χ3n) is 3.24. The first kappa shape index (κ1) is 11.0. The van der Waals surface area contributed by atoms with E-state index in [0.717, 1.165) is 25.0 Å². The molecule has 0 aromatic heterocycles. The van der Waals surface area contributed by atoms with Crippen LogP contribution in [-0.2, 0) is 11.2 Å². The summed E-state index contributed by atoms with van der Waals surface area (Å²) in [5, 5.41) is 0. The second-order valence-electron chi connectivity index (χ2n) is 4.20. The second kappa shape index (κ2) is 4.58. The van der Waals surface area contributed by atoms with Crippen molar-refractivity contribution in [2.75, 3.05) is 5.75 Å². The van der Waals surface area contributed by atoms with Crippen molar-refractivity contribution in [1.29, 1.82) is 0 Å². The van der Waals surface area contributed by atoms with Crippen molar-refractivity contribution >= 4 is 12.6 Å². The molecule has 82 valence electrons. The van der Waals surface area contributed by atoms with Crippen LogP contribution in [0, 0.1) is 0 Å². The summed E-state index contributed by atoms with van der Waals surface area (Å²) in [6.07, 6.45) is 3.65. The topological polar surface area (TPSA) is 12.5 Å². The molecule has 1 nitrogen and oxygen atoms in total. The molecule has 2 unspecified atom stereocenters. The van der Waals surface area contributed by atoms with E-state index >= 15 is 0 Å². The molecule has 0 amide bonds. The molecule has 0 aliphatic carbocycles. The molecule has 2 heteroatoms. The Kier molecular flexibility index (Phi) is 3.37. The predicted molar refractivity (Wildman–Crippen MR) is 66.5 cm³/mol. The van der Waals surface area contributed by atoms with Crippen LogP contribution in [0.2, 0.25) is 0 Å². The number of epoxide rings is 1. The van der Waals surface area contributed by atoms with Crippen LogP contribution < -0.4 is 0 Å². The summed E-state index contributed by atoms with van der Waals surface area (Å²) in [6.45, 7) is 2.21. The van der Waals surface area contributed by atoms with E-state index in [9.17, 15) is 0 Å². The van der Waals surface area contributed by atoms with Crippen molar-refractivity contribution in [2.45, 2.75) is 37.9 Å². The summed E-state index contributed by atoms with van der Waals surface area (Å²) in [4.78, 5) is 0. The van der Waals surface area contributed by atoms with Crippen LogP contribution >= 0.6 is 12.6 Å². The van der Waals surface area contributed by atoms with Gasteiger partial charge >= 0.3 is 0 Å². The van der Waals surface area contributed by atoms with Gasteiger partial charge in [0.2, 0.25) is 0 Å². The average molecular weight is 222 g/mol. The lowest BCUT2D eigenvalue weighted by molar-refractivity contribution is 0.283. The highest BCUT2D eigenvalue weighted by molar-refractivity contribution is 7.80. The quantitative estimate of drug-likeness (QED) is 0.596. The Morgan fingerprint density at radius 2 is 2.07 bits per heavy atom. The fourth-order valence-corrected chi connectivity index (χ4v) is 2.46. The molecule has 0 saturated carbocycles. The van der Waals surface area contributed by atoms with E-state index in [4.69, 9.17) is 4.74 Å². The first-order valence-electron chi connectivity index (χ1n) is 5.63. The van der Waals surface area contributed by atoms with Gasteiger partial charge in [-0.05, 0) is 24.2 Å². The molecule has 1 aromatic rings. The lowest BCUT2D eigenvalue weighted by Crippen LogP contribution is -2.17. The van der Waals surface area contributed by atoms with Gasteiger partial charge in [-0.1, -0.05) is 37.3 Å². The van der Waals surface area contributed by atoms with Crippen LogP contribution in [0.5, 0.6) is 0 Å². The van der Waals surface area contributed by atoms with Crippen LogP contribution in [0.15, 0.2) is 30.3 Å². The van der Waals surface area contributed by atoms with E-state index in [-0.39, 0.29) is 5.60 Å².